The summed E-state index contributed by atoms with van der Waals surface area (Å²) in [5.41, 5.74) is 2.86. The first-order valence-electron chi connectivity index (χ1n) is 10.1. The molecule has 0 fully saturated rings. The molecule has 0 bridgehead atoms. The molecule has 0 atom stereocenters. The normalized spacial score (nSPS) is 11.2. The molecule has 0 aliphatic heterocycles. The zero-order chi connectivity index (χ0) is 20.9. The number of aryl methyl sites for hydroxylation is 1. The zero-order valence-electron chi connectivity index (χ0n) is 17.6. The van der Waals surface area contributed by atoms with Crippen LogP contribution in [0.15, 0.2) is 30.5 Å². The first-order valence-corrected chi connectivity index (χ1v) is 10.1. The highest BCUT2D eigenvalue weighted by atomic mass is 16.5. The Morgan fingerprint density at radius 3 is 2.31 bits per heavy atom. The van der Waals surface area contributed by atoms with Gasteiger partial charge in [0.25, 0.3) is 0 Å². The van der Waals surface area contributed by atoms with E-state index in [1.165, 1.54) is 5.56 Å². The summed E-state index contributed by atoms with van der Waals surface area (Å²) in [6.07, 6.45) is 3.18. The highest BCUT2D eigenvalue weighted by molar-refractivity contribution is 5.90. The molecule has 2 aromatic rings. The summed E-state index contributed by atoms with van der Waals surface area (Å²) < 4.78 is 18.2. The van der Waals surface area contributed by atoms with Crippen molar-refractivity contribution in [1.82, 2.24) is 15.0 Å². The number of carbonyl (C=O) groups excluding carboxylic acids is 1. The summed E-state index contributed by atoms with van der Waals surface area (Å²) in [5, 5.41) is 10.9. The fourth-order valence-corrected chi connectivity index (χ4v) is 2.46. The van der Waals surface area contributed by atoms with E-state index in [-0.39, 0.29) is 11.9 Å². The number of anilines is 1. The van der Waals surface area contributed by atoms with Crippen LogP contribution in [0.5, 0.6) is 0 Å². The van der Waals surface area contributed by atoms with Crippen molar-refractivity contribution in [1.29, 1.82) is 0 Å². The molecule has 8 nitrogen and oxygen atoms in total. The third-order valence-electron chi connectivity index (χ3n) is 4.20. The van der Waals surface area contributed by atoms with Crippen LogP contribution in [0.4, 0.5) is 5.69 Å². The number of hydrogen-bond donors (Lipinski definition) is 1. The van der Waals surface area contributed by atoms with Gasteiger partial charge in [0.2, 0.25) is 5.91 Å². The van der Waals surface area contributed by atoms with Gasteiger partial charge in [-0.2, -0.15) is 0 Å². The second-order valence-electron chi connectivity index (χ2n) is 6.91. The molecule has 1 heterocycles. The Labute approximate surface area is 172 Å². The highest BCUT2D eigenvalue weighted by Gasteiger charge is 2.04. The lowest BCUT2D eigenvalue weighted by Gasteiger charge is -2.08. The molecule has 29 heavy (non-hydrogen) atoms. The Hall–Kier alpha value is -2.29. The minimum absolute atomic E-state index is 0.0574. The minimum atomic E-state index is -0.0574. The van der Waals surface area contributed by atoms with Crippen molar-refractivity contribution in [2.45, 2.75) is 46.3 Å². The largest absolute Gasteiger partial charge is 0.379 e. The molecule has 0 saturated carbocycles. The van der Waals surface area contributed by atoms with Crippen LogP contribution in [-0.2, 0) is 32.0 Å². The number of amides is 1. The van der Waals surface area contributed by atoms with Gasteiger partial charge in [0.15, 0.2) is 0 Å². The van der Waals surface area contributed by atoms with E-state index in [9.17, 15) is 4.79 Å². The molecule has 0 radical (unpaired) electrons. The van der Waals surface area contributed by atoms with E-state index in [1.807, 2.05) is 44.3 Å². The summed E-state index contributed by atoms with van der Waals surface area (Å²) in [7, 11) is 0. The first kappa shape index (κ1) is 23.0. The van der Waals surface area contributed by atoms with Gasteiger partial charge >= 0.3 is 0 Å². The molecule has 1 aromatic carbocycles. The molecule has 2 rings (SSSR count). The summed E-state index contributed by atoms with van der Waals surface area (Å²) in [6.45, 7) is 8.85. The molecule has 0 saturated heterocycles. The number of aromatic nitrogens is 3. The summed E-state index contributed by atoms with van der Waals surface area (Å²) in [4.78, 5) is 11.9. The van der Waals surface area contributed by atoms with E-state index in [2.05, 4.69) is 22.6 Å². The molecule has 0 aliphatic carbocycles. The van der Waals surface area contributed by atoms with Crippen molar-refractivity contribution in [3.63, 3.8) is 0 Å². The Kier molecular flexibility index (Phi) is 10.3. The lowest BCUT2D eigenvalue weighted by molar-refractivity contribution is -0.117. The average molecular weight is 405 g/mol. The predicted molar refractivity (Wildman–Crippen MR) is 111 cm³/mol. The molecular formula is C21H32N4O4. The molecule has 160 valence electrons. The van der Waals surface area contributed by atoms with Crippen molar-refractivity contribution >= 4 is 11.6 Å². The van der Waals surface area contributed by atoms with Crippen LogP contribution in [-0.4, -0.2) is 53.9 Å². The average Bonchev–Trinajstić information content (AvgIpc) is 3.19. The van der Waals surface area contributed by atoms with Crippen molar-refractivity contribution in [2.24, 2.45) is 0 Å². The van der Waals surface area contributed by atoms with E-state index in [0.717, 1.165) is 17.8 Å². The highest BCUT2D eigenvalue weighted by Crippen LogP contribution is 2.10. The molecule has 0 unspecified atom stereocenters. The second kappa shape index (κ2) is 13.0. The van der Waals surface area contributed by atoms with Crippen LogP contribution < -0.4 is 5.32 Å². The molecule has 1 amide bonds. The maximum atomic E-state index is 11.9. The number of carbonyl (C=O) groups is 1. The fraction of sp³-hybridized carbons (Fsp3) is 0.571. The molecular weight excluding hydrogens is 372 g/mol. The van der Waals surface area contributed by atoms with Gasteiger partial charge in [-0.1, -0.05) is 24.3 Å². The topological polar surface area (TPSA) is 87.5 Å². The van der Waals surface area contributed by atoms with Crippen molar-refractivity contribution < 1.29 is 19.0 Å². The van der Waals surface area contributed by atoms with Crippen LogP contribution in [0.1, 0.15) is 44.5 Å². The third kappa shape index (κ3) is 9.17. The van der Waals surface area contributed by atoms with Gasteiger partial charge in [0, 0.05) is 11.7 Å². The van der Waals surface area contributed by atoms with Gasteiger partial charge < -0.3 is 19.5 Å². The Bertz CT molecular complexity index is 716. The fourth-order valence-electron chi connectivity index (χ4n) is 2.46. The van der Waals surface area contributed by atoms with Crippen molar-refractivity contribution in [2.75, 3.05) is 38.4 Å². The number of nitrogens with zero attached hydrogens (tertiary/aromatic N) is 3. The first-order chi connectivity index (χ1) is 14.1. The van der Waals surface area contributed by atoms with Crippen LogP contribution in [0, 0.1) is 0 Å². The summed E-state index contributed by atoms with van der Waals surface area (Å²) in [6, 6.07) is 8.16. The number of benzene rings is 1. The van der Waals surface area contributed by atoms with Crippen LogP contribution in [0.3, 0.4) is 0 Å². The number of ether oxygens (including phenoxy) is 3. The standard InChI is InChI=1S/C21H32N4O4/c1-4-18-5-7-19(8-6-18)22-21(26)9-10-27-11-12-28-13-14-29-16-20-15-25(17(2)3)24-23-20/h5-8,15,17H,4,9-14,16H2,1-3H3,(H,22,26). The van der Waals surface area contributed by atoms with E-state index in [1.54, 1.807) is 4.68 Å². The van der Waals surface area contributed by atoms with Gasteiger partial charge in [0.05, 0.1) is 52.3 Å². The molecule has 0 spiro atoms. The van der Waals surface area contributed by atoms with E-state index >= 15 is 0 Å². The lowest BCUT2D eigenvalue weighted by Crippen LogP contribution is -2.15. The third-order valence-corrected chi connectivity index (χ3v) is 4.20. The van der Waals surface area contributed by atoms with E-state index in [4.69, 9.17) is 14.2 Å². The molecule has 1 aromatic heterocycles. The Balaban J connectivity index is 1.42. The quantitative estimate of drug-likeness (QED) is 0.487. The molecule has 0 aliphatic rings. The maximum absolute atomic E-state index is 11.9. The zero-order valence-corrected chi connectivity index (χ0v) is 17.6. The maximum Gasteiger partial charge on any atom is 0.226 e. The summed E-state index contributed by atoms with van der Waals surface area (Å²) in [5.74, 6) is -0.0574. The monoisotopic (exact) mass is 404 g/mol. The Morgan fingerprint density at radius 1 is 1.03 bits per heavy atom. The number of nitrogens with one attached hydrogen (secondary N) is 1. The number of hydrogen-bond acceptors (Lipinski definition) is 6. The molecule has 8 heteroatoms. The van der Waals surface area contributed by atoms with E-state index in [0.29, 0.717) is 46.1 Å². The predicted octanol–water partition coefficient (Wildman–Crippen LogP) is 3.00. The van der Waals surface area contributed by atoms with Gasteiger partial charge in [-0.25, -0.2) is 4.68 Å². The van der Waals surface area contributed by atoms with Crippen molar-refractivity contribution in [3.05, 3.63) is 41.7 Å². The van der Waals surface area contributed by atoms with Crippen molar-refractivity contribution in [3.8, 4) is 0 Å². The second-order valence-corrected chi connectivity index (χ2v) is 6.91. The molecule has 1 N–H and O–H groups in total. The Morgan fingerprint density at radius 2 is 1.69 bits per heavy atom. The van der Waals surface area contributed by atoms with Crippen LogP contribution in [0.2, 0.25) is 0 Å². The van der Waals surface area contributed by atoms with E-state index < -0.39 is 0 Å². The summed E-state index contributed by atoms with van der Waals surface area (Å²) >= 11 is 0. The van der Waals surface area contributed by atoms with Crippen LogP contribution in [0.25, 0.3) is 0 Å². The SMILES string of the molecule is CCc1ccc(NC(=O)CCOCCOCCOCc2cn(C(C)C)nn2)cc1. The lowest BCUT2D eigenvalue weighted by atomic mass is 10.1. The van der Waals surface area contributed by atoms with Gasteiger partial charge in [-0.3, -0.25) is 4.79 Å². The van der Waals surface area contributed by atoms with Gasteiger partial charge in [0.1, 0.15) is 5.69 Å². The van der Waals surface area contributed by atoms with Crippen LogP contribution >= 0.6 is 0 Å². The minimum Gasteiger partial charge on any atom is -0.379 e. The number of rotatable bonds is 14. The smallest absolute Gasteiger partial charge is 0.226 e. The van der Waals surface area contributed by atoms with Gasteiger partial charge in [-0.05, 0) is 38.0 Å². The van der Waals surface area contributed by atoms with Gasteiger partial charge in [-0.15, -0.1) is 5.10 Å².